The molecule has 5 nitrogen and oxygen atoms in total. The third-order valence-corrected chi connectivity index (χ3v) is 2.18. The summed E-state index contributed by atoms with van der Waals surface area (Å²) in [7, 11) is 1.66. The quantitative estimate of drug-likeness (QED) is 0.720. The summed E-state index contributed by atoms with van der Waals surface area (Å²) in [6, 6.07) is 0.188. The van der Waals surface area contributed by atoms with Crippen LogP contribution in [0.3, 0.4) is 0 Å². The highest BCUT2D eigenvalue weighted by Gasteiger charge is 2.07. The third-order valence-electron chi connectivity index (χ3n) is 2.18. The topological polar surface area (TPSA) is 67.3 Å². The summed E-state index contributed by atoms with van der Waals surface area (Å²) in [6.45, 7) is 6.06. The van der Waals surface area contributed by atoms with E-state index in [1.165, 1.54) is 12.4 Å². The Kier molecular flexibility index (Phi) is 4.72. The molecule has 88 valence electrons. The van der Waals surface area contributed by atoms with Crippen LogP contribution >= 0.6 is 0 Å². The van der Waals surface area contributed by atoms with Crippen LogP contribution in [-0.4, -0.2) is 34.8 Å². The van der Waals surface area contributed by atoms with Gasteiger partial charge in [0.2, 0.25) is 5.95 Å². The highest BCUT2D eigenvalue weighted by molar-refractivity contribution is 5.54. The third kappa shape index (κ3) is 3.51. The molecule has 2 N–H and O–H groups in total. The van der Waals surface area contributed by atoms with Crippen molar-refractivity contribution >= 4 is 11.7 Å². The highest BCUT2D eigenvalue weighted by atomic mass is 16.5. The van der Waals surface area contributed by atoms with Gasteiger partial charge in [-0.05, 0) is 6.42 Å². The van der Waals surface area contributed by atoms with Gasteiger partial charge in [-0.15, -0.1) is 0 Å². The molecular weight excluding hydrogens is 206 g/mol. The Morgan fingerprint density at radius 2 is 2.19 bits per heavy atom. The molecule has 0 aliphatic carbocycles. The fourth-order valence-corrected chi connectivity index (χ4v) is 1.20. The highest BCUT2D eigenvalue weighted by Crippen LogP contribution is 2.08. The van der Waals surface area contributed by atoms with Crippen molar-refractivity contribution in [1.29, 1.82) is 0 Å². The van der Waals surface area contributed by atoms with Gasteiger partial charge in [-0.25, -0.2) is 9.97 Å². The molecule has 1 aromatic rings. The second-order valence-electron chi connectivity index (χ2n) is 3.45. The van der Waals surface area contributed by atoms with Gasteiger partial charge in [0.1, 0.15) is 5.76 Å². The van der Waals surface area contributed by atoms with Gasteiger partial charge in [-0.3, -0.25) is 0 Å². The maximum atomic E-state index is 9.11. The van der Waals surface area contributed by atoms with Gasteiger partial charge in [0.05, 0.1) is 18.2 Å². The van der Waals surface area contributed by atoms with Crippen LogP contribution in [0.2, 0.25) is 0 Å². The van der Waals surface area contributed by atoms with Crippen molar-refractivity contribution in [3.63, 3.8) is 0 Å². The fraction of sp³-hybridized carbons (Fsp3) is 0.455. The zero-order valence-corrected chi connectivity index (χ0v) is 9.60. The molecule has 16 heavy (non-hydrogen) atoms. The molecule has 0 fully saturated rings. The molecule has 0 radical (unpaired) electrons. The van der Waals surface area contributed by atoms with Crippen LogP contribution < -0.4 is 5.32 Å². The number of aromatic nitrogens is 2. The normalized spacial score (nSPS) is 12.1. The molecule has 0 saturated carbocycles. The first-order chi connectivity index (χ1) is 7.67. The van der Waals surface area contributed by atoms with Crippen LogP contribution in [0, 0.1) is 0 Å². The second-order valence-corrected chi connectivity index (χ2v) is 3.45. The van der Waals surface area contributed by atoms with Crippen LogP contribution in [0.25, 0.3) is 5.76 Å². The van der Waals surface area contributed by atoms with Gasteiger partial charge < -0.3 is 15.2 Å². The first-order valence-corrected chi connectivity index (χ1v) is 5.13. The lowest BCUT2D eigenvalue weighted by Crippen LogP contribution is -2.25. The van der Waals surface area contributed by atoms with Crippen LogP contribution in [0.1, 0.15) is 18.9 Å². The second kappa shape index (κ2) is 6.07. The lowest BCUT2D eigenvalue weighted by molar-refractivity contribution is 0.184. The minimum Gasteiger partial charge on any atom is -0.508 e. The SMILES string of the molecule is C=C(O)c1cnc(NC(CC)COC)nc1. The van der Waals surface area contributed by atoms with E-state index < -0.39 is 0 Å². The van der Waals surface area contributed by atoms with Gasteiger partial charge >= 0.3 is 0 Å². The Balaban J connectivity index is 2.63. The minimum absolute atomic E-state index is 0.0320. The maximum absolute atomic E-state index is 9.11. The molecule has 0 aliphatic rings. The predicted octanol–water partition coefficient (Wildman–Crippen LogP) is 1.84. The standard InChI is InChI=1S/C11H17N3O2/c1-4-10(7-16-3)14-11-12-5-9(6-13-11)8(2)15/h5-6,10,15H,2,4,7H2,1,3H3,(H,12,13,14). The van der Waals surface area contributed by atoms with Crippen molar-refractivity contribution < 1.29 is 9.84 Å². The molecule has 5 heteroatoms. The number of aliphatic hydroxyl groups is 1. The van der Waals surface area contributed by atoms with E-state index in [0.717, 1.165) is 6.42 Å². The molecule has 1 heterocycles. The first kappa shape index (κ1) is 12.4. The molecule has 1 aromatic heterocycles. The van der Waals surface area contributed by atoms with E-state index in [1.54, 1.807) is 7.11 Å². The largest absolute Gasteiger partial charge is 0.508 e. The van der Waals surface area contributed by atoms with Gasteiger partial charge in [-0.1, -0.05) is 13.5 Å². The smallest absolute Gasteiger partial charge is 0.222 e. The van der Waals surface area contributed by atoms with Crippen molar-refractivity contribution in [3.8, 4) is 0 Å². The van der Waals surface area contributed by atoms with Gasteiger partial charge in [0, 0.05) is 19.5 Å². The van der Waals surface area contributed by atoms with Crippen molar-refractivity contribution in [1.82, 2.24) is 9.97 Å². The van der Waals surface area contributed by atoms with E-state index >= 15 is 0 Å². The molecule has 0 spiro atoms. The van der Waals surface area contributed by atoms with E-state index in [0.29, 0.717) is 18.1 Å². The summed E-state index contributed by atoms with van der Waals surface area (Å²) in [5.41, 5.74) is 0.519. The van der Waals surface area contributed by atoms with Crippen molar-refractivity contribution in [2.45, 2.75) is 19.4 Å². The molecule has 1 atom stereocenters. The summed E-state index contributed by atoms with van der Waals surface area (Å²) in [5.74, 6) is 0.490. The molecule has 0 saturated heterocycles. The molecule has 1 unspecified atom stereocenters. The lowest BCUT2D eigenvalue weighted by atomic mass is 10.2. The lowest BCUT2D eigenvalue weighted by Gasteiger charge is -2.15. The van der Waals surface area contributed by atoms with Crippen LogP contribution in [-0.2, 0) is 4.74 Å². The Morgan fingerprint density at radius 3 is 2.62 bits per heavy atom. The Bertz CT molecular complexity index is 338. The van der Waals surface area contributed by atoms with Gasteiger partial charge in [-0.2, -0.15) is 0 Å². The average molecular weight is 223 g/mol. The van der Waals surface area contributed by atoms with Crippen LogP contribution in [0.15, 0.2) is 19.0 Å². The minimum atomic E-state index is -0.0320. The molecule has 0 aliphatic heterocycles. The Labute approximate surface area is 95.2 Å². The number of hydrogen-bond donors (Lipinski definition) is 2. The Hall–Kier alpha value is -1.62. The van der Waals surface area contributed by atoms with Crippen molar-refractivity contribution in [2.75, 3.05) is 19.0 Å². The van der Waals surface area contributed by atoms with Gasteiger partial charge in [0.25, 0.3) is 0 Å². The van der Waals surface area contributed by atoms with Crippen LogP contribution in [0.5, 0.6) is 0 Å². The predicted molar refractivity (Wildman–Crippen MR) is 63.3 cm³/mol. The van der Waals surface area contributed by atoms with Gasteiger partial charge in [0.15, 0.2) is 0 Å². The number of nitrogens with zero attached hydrogens (tertiary/aromatic N) is 2. The van der Waals surface area contributed by atoms with E-state index in [4.69, 9.17) is 9.84 Å². The monoisotopic (exact) mass is 223 g/mol. The number of anilines is 1. The van der Waals surface area contributed by atoms with Crippen molar-refractivity contribution in [2.24, 2.45) is 0 Å². The summed E-state index contributed by atoms with van der Waals surface area (Å²) in [5, 5.41) is 12.2. The molecule has 0 amide bonds. The summed E-state index contributed by atoms with van der Waals surface area (Å²) < 4.78 is 5.06. The van der Waals surface area contributed by atoms with Crippen molar-refractivity contribution in [3.05, 3.63) is 24.5 Å². The fourth-order valence-electron chi connectivity index (χ4n) is 1.20. The summed E-state index contributed by atoms with van der Waals surface area (Å²) in [6.07, 6.45) is 3.97. The zero-order chi connectivity index (χ0) is 12.0. The molecule has 0 aromatic carbocycles. The summed E-state index contributed by atoms with van der Waals surface area (Å²) in [4.78, 5) is 8.14. The zero-order valence-electron chi connectivity index (χ0n) is 9.60. The van der Waals surface area contributed by atoms with E-state index in [9.17, 15) is 0 Å². The number of methoxy groups -OCH3 is 1. The maximum Gasteiger partial charge on any atom is 0.222 e. The van der Waals surface area contributed by atoms with E-state index in [1.807, 2.05) is 0 Å². The molecule has 0 bridgehead atoms. The van der Waals surface area contributed by atoms with Crippen LogP contribution in [0.4, 0.5) is 5.95 Å². The molecular formula is C11H17N3O2. The average Bonchev–Trinajstić information content (AvgIpc) is 2.29. The Morgan fingerprint density at radius 1 is 1.56 bits per heavy atom. The van der Waals surface area contributed by atoms with E-state index in [-0.39, 0.29) is 11.8 Å². The number of rotatable bonds is 6. The number of aliphatic hydroxyl groups excluding tert-OH is 1. The molecule has 1 rings (SSSR count). The number of ether oxygens (including phenoxy) is 1. The first-order valence-electron chi connectivity index (χ1n) is 5.13. The number of hydrogen-bond acceptors (Lipinski definition) is 5. The summed E-state index contributed by atoms with van der Waals surface area (Å²) >= 11 is 0. The van der Waals surface area contributed by atoms with E-state index in [2.05, 4.69) is 28.8 Å². The number of nitrogens with one attached hydrogen (secondary N) is 1.